The summed E-state index contributed by atoms with van der Waals surface area (Å²) in [5.74, 6) is 0.169. The number of benzene rings is 2. The molecule has 0 fully saturated rings. The molecule has 1 atom stereocenters. The summed E-state index contributed by atoms with van der Waals surface area (Å²) in [4.78, 5) is 23.2. The van der Waals surface area contributed by atoms with E-state index in [1.54, 1.807) is 43.3 Å². The van der Waals surface area contributed by atoms with E-state index in [0.29, 0.717) is 28.5 Å². The van der Waals surface area contributed by atoms with Crippen LogP contribution in [-0.2, 0) is 4.79 Å². The van der Waals surface area contributed by atoms with Crippen molar-refractivity contribution in [2.24, 2.45) is 5.73 Å². The van der Waals surface area contributed by atoms with Gasteiger partial charge in [-0.05, 0) is 42.8 Å². The Kier molecular flexibility index (Phi) is 5.60. The van der Waals surface area contributed by atoms with Gasteiger partial charge in [-0.2, -0.15) is 0 Å². The molecule has 0 aliphatic heterocycles. The lowest BCUT2D eigenvalue weighted by atomic mass is 10.1. The van der Waals surface area contributed by atoms with Crippen LogP contribution in [0.5, 0.6) is 11.5 Å². The van der Waals surface area contributed by atoms with Gasteiger partial charge < -0.3 is 15.8 Å². The van der Waals surface area contributed by atoms with Crippen LogP contribution in [0.4, 0.5) is 0 Å². The summed E-state index contributed by atoms with van der Waals surface area (Å²) >= 11 is 6.03. The van der Waals surface area contributed by atoms with E-state index in [1.165, 1.54) is 0 Å². The van der Waals surface area contributed by atoms with Crippen LogP contribution in [-0.4, -0.2) is 17.9 Å². The number of rotatable bonds is 6. The van der Waals surface area contributed by atoms with Crippen LogP contribution >= 0.6 is 11.6 Å². The predicted molar refractivity (Wildman–Crippen MR) is 88.7 cm³/mol. The number of carbonyl (C=O) groups excluding carboxylic acids is 2. The average molecular weight is 333 g/mol. The van der Waals surface area contributed by atoms with Crippen molar-refractivity contribution in [1.29, 1.82) is 0 Å². The summed E-state index contributed by atoms with van der Waals surface area (Å²) in [6, 6.07) is 13.0. The maximum atomic E-state index is 12.1. The summed E-state index contributed by atoms with van der Waals surface area (Å²) in [5, 5.41) is 3.09. The molecule has 0 spiro atoms. The molecule has 2 rings (SSSR count). The molecule has 2 amide bonds. The summed E-state index contributed by atoms with van der Waals surface area (Å²) in [7, 11) is 0. The van der Waals surface area contributed by atoms with Gasteiger partial charge in [0.2, 0.25) is 5.91 Å². The zero-order valence-corrected chi connectivity index (χ0v) is 13.3. The molecular formula is C17H17ClN2O3. The second-order valence-corrected chi connectivity index (χ2v) is 5.30. The number of primary amides is 1. The Hall–Kier alpha value is -2.53. The van der Waals surface area contributed by atoms with Crippen molar-refractivity contribution >= 4 is 23.4 Å². The van der Waals surface area contributed by atoms with Crippen LogP contribution in [0.1, 0.15) is 23.7 Å². The molecule has 0 saturated heterocycles. The van der Waals surface area contributed by atoms with E-state index in [9.17, 15) is 9.59 Å². The van der Waals surface area contributed by atoms with Gasteiger partial charge in [-0.1, -0.05) is 30.7 Å². The van der Waals surface area contributed by atoms with Crippen molar-refractivity contribution < 1.29 is 14.3 Å². The maximum absolute atomic E-state index is 12.1. The molecule has 2 aromatic carbocycles. The van der Waals surface area contributed by atoms with Crippen LogP contribution in [0, 0.1) is 0 Å². The van der Waals surface area contributed by atoms with E-state index in [2.05, 4.69) is 5.32 Å². The molecule has 2 aromatic rings. The first-order valence-corrected chi connectivity index (χ1v) is 7.51. The van der Waals surface area contributed by atoms with Crippen LogP contribution in [0.3, 0.4) is 0 Å². The van der Waals surface area contributed by atoms with Crippen LogP contribution in [0.25, 0.3) is 0 Å². The fraction of sp³-hybridized carbons (Fsp3) is 0.176. The lowest BCUT2D eigenvalue weighted by Crippen LogP contribution is -2.43. The van der Waals surface area contributed by atoms with Gasteiger partial charge in [-0.25, -0.2) is 0 Å². The molecule has 6 heteroatoms. The number of nitrogens with two attached hydrogens (primary N) is 1. The van der Waals surface area contributed by atoms with Crippen molar-refractivity contribution in [1.82, 2.24) is 5.32 Å². The van der Waals surface area contributed by atoms with Crippen molar-refractivity contribution in [3.63, 3.8) is 0 Å². The standard InChI is InChI=1S/C17H17ClN2O3/c1-2-14(16(19)21)20-17(22)11-7-9-12(10-8-11)23-15-6-4-3-5-13(15)18/h3-10,14H,2H2,1H3,(H2,19,21)(H,20,22)/t14-/m1/s1. The summed E-state index contributed by atoms with van der Waals surface area (Å²) in [5.41, 5.74) is 5.62. The second-order valence-electron chi connectivity index (χ2n) is 4.89. The minimum atomic E-state index is -0.679. The molecule has 0 aliphatic carbocycles. The molecule has 0 aromatic heterocycles. The first kappa shape index (κ1) is 16.8. The smallest absolute Gasteiger partial charge is 0.251 e. The van der Waals surface area contributed by atoms with Crippen molar-refractivity contribution in [2.75, 3.05) is 0 Å². The normalized spacial score (nSPS) is 11.6. The molecule has 0 aliphatic rings. The van der Waals surface area contributed by atoms with Gasteiger partial charge in [0.15, 0.2) is 0 Å². The molecule has 0 heterocycles. The van der Waals surface area contributed by atoms with E-state index >= 15 is 0 Å². The minimum absolute atomic E-state index is 0.361. The molecule has 5 nitrogen and oxygen atoms in total. The Morgan fingerprint density at radius 2 is 1.83 bits per heavy atom. The largest absolute Gasteiger partial charge is 0.456 e. The fourth-order valence-electron chi connectivity index (χ4n) is 1.94. The maximum Gasteiger partial charge on any atom is 0.251 e. The lowest BCUT2D eigenvalue weighted by Gasteiger charge is -2.13. The molecule has 3 N–H and O–H groups in total. The monoisotopic (exact) mass is 332 g/mol. The zero-order valence-electron chi connectivity index (χ0n) is 12.6. The van der Waals surface area contributed by atoms with Gasteiger partial charge in [0.1, 0.15) is 17.5 Å². The van der Waals surface area contributed by atoms with Gasteiger partial charge in [0.05, 0.1) is 5.02 Å². The highest BCUT2D eigenvalue weighted by atomic mass is 35.5. The van der Waals surface area contributed by atoms with E-state index in [-0.39, 0.29) is 5.91 Å². The van der Waals surface area contributed by atoms with Gasteiger partial charge in [0, 0.05) is 5.56 Å². The third kappa shape index (κ3) is 4.47. The first-order chi connectivity index (χ1) is 11.0. The molecule has 0 unspecified atom stereocenters. The number of carbonyl (C=O) groups is 2. The first-order valence-electron chi connectivity index (χ1n) is 7.14. The Labute approximate surface area is 139 Å². The van der Waals surface area contributed by atoms with E-state index in [4.69, 9.17) is 22.1 Å². The summed E-state index contributed by atoms with van der Waals surface area (Å²) in [6.07, 6.45) is 0.439. The van der Waals surface area contributed by atoms with Crippen molar-refractivity contribution in [2.45, 2.75) is 19.4 Å². The average Bonchev–Trinajstić information content (AvgIpc) is 2.55. The number of amides is 2. The Balaban J connectivity index is 2.06. The van der Waals surface area contributed by atoms with E-state index in [0.717, 1.165) is 0 Å². The van der Waals surface area contributed by atoms with E-state index in [1.807, 2.05) is 12.1 Å². The van der Waals surface area contributed by atoms with Crippen LogP contribution < -0.4 is 15.8 Å². The Morgan fingerprint density at radius 3 is 2.39 bits per heavy atom. The highest BCUT2D eigenvalue weighted by molar-refractivity contribution is 6.32. The number of para-hydroxylation sites is 1. The fourth-order valence-corrected chi connectivity index (χ4v) is 2.12. The Morgan fingerprint density at radius 1 is 1.17 bits per heavy atom. The number of nitrogens with one attached hydrogen (secondary N) is 1. The quantitative estimate of drug-likeness (QED) is 0.852. The van der Waals surface area contributed by atoms with Gasteiger partial charge in [-0.15, -0.1) is 0 Å². The topological polar surface area (TPSA) is 81.4 Å². The number of hydrogen-bond acceptors (Lipinski definition) is 3. The molecule has 0 radical (unpaired) electrons. The second kappa shape index (κ2) is 7.65. The van der Waals surface area contributed by atoms with Gasteiger partial charge in [0.25, 0.3) is 5.91 Å². The molecule has 120 valence electrons. The number of ether oxygens (including phenoxy) is 1. The predicted octanol–water partition coefficient (Wildman–Crippen LogP) is 3.13. The highest BCUT2D eigenvalue weighted by Crippen LogP contribution is 2.28. The highest BCUT2D eigenvalue weighted by Gasteiger charge is 2.16. The summed E-state index contributed by atoms with van der Waals surface area (Å²) < 4.78 is 5.65. The molecule has 23 heavy (non-hydrogen) atoms. The third-order valence-corrected chi connectivity index (χ3v) is 3.55. The lowest BCUT2D eigenvalue weighted by molar-refractivity contribution is -0.119. The number of halogens is 1. The molecular weight excluding hydrogens is 316 g/mol. The SMILES string of the molecule is CC[C@@H](NC(=O)c1ccc(Oc2ccccc2Cl)cc1)C(N)=O. The molecule has 0 bridgehead atoms. The van der Waals surface area contributed by atoms with Crippen molar-refractivity contribution in [3.8, 4) is 11.5 Å². The zero-order chi connectivity index (χ0) is 16.8. The Bertz CT molecular complexity index is 701. The van der Waals surface area contributed by atoms with Crippen LogP contribution in [0.15, 0.2) is 48.5 Å². The van der Waals surface area contributed by atoms with Crippen LogP contribution in [0.2, 0.25) is 5.02 Å². The summed E-state index contributed by atoms with van der Waals surface area (Å²) in [6.45, 7) is 1.77. The van der Waals surface area contributed by atoms with E-state index < -0.39 is 11.9 Å². The third-order valence-electron chi connectivity index (χ3n) is 3.24. The minimum Gasteiger partial charge on any atom is -0.456 e. The molecule has 0 saturated carbocycles. The van der Waals surface area contributed by atoms with Gasteiger partial charge >= 0.3 is 0 Å². The van der Waals surface area contributed by atoms with Gasteiger partial charge in [-0.3, -0.25) is 9.59 Å². The van der Waals surface area contributed by atoms with Crippen molar-refractivity contribution in [3.05, 3.63) is 59.1 Å². The number of hydrogen-bond donors (Lipinski definition) is 2.